The molecule has 1 heterocycles. The van der Waals surface area contributed by atoms with E-state index >= 15 is 0 Å². The largest absolute Gasteiger partial charge is 0.497 e. The van der Waals surface area contributed by atoms with E-state index in [2.05, 4.69) is 42.6 Å². The van der Waals surface area contributed by atoms with Gasteiger partial charge in [-0.25, -0.2) is 0 Å². The predicted octanol–water partition coefficient (Wildman–Crippen LogP) is 3.61. The Balaban J connectivity index is 2.01. The number of hydrogen-bond donors (Lipinski definition) is 1. The van der Waals surface area contributed by atoms with Crippen molar-refractivity contribution < 1.29 is 4.74 Å². The molecule has 2 nitrogen and oxygen atoms in total. The van der Waals surface area contributed by atoms with E-state index < -0.39 is 0 Å². The van der Waals surface area contributed by atoms with Crippen molar-refractivity contribution in [2.45, 2.75) is 19.3 Å². The fraction of sp³-hybridized carbons (Fsp3) is 0.333. The minimum Gasteiger partial charge on any atom is -0.497 e. The van der Waals surface area contributed by atoms with Crippen molar-refractivity contribution in [1.29, 1.82) is 0 Å². The van der Waals surface area contributed by atoms with Crippen LogP contribution < -0.4 is 10.1 Å². The molecular weight excluding hydrogens is 246 g/mol. The molecule has 0 fully saturated rings. The highest BCUT2D eigenvalue weighted by Gasteiger charge is 2.15. The van der Waals surface area contributed by atoms with Crippen molar-refractivity contribution in [3.8, 4) is 16.9 Å². The van der Waals surface area contributed by atoms with Gasteiger partial charge in [0.1, 0.15) is 5.75 Å². The molecule has 1 unspecified atom stereocenters. The molecule has 0 radical (unpaired) electrons. The van der Waals surface area contributed by atoms with Crippen LogP contribution in [0.2, 0.25) is 0 Å². The maximum absolute atomic E-state index is 5.32. The predicted molar refractivity (Wildman–Crippen MR) is 83.4 cm³/mol. The summed E-state index contributed by atoms with van der Waals surface area (Å²) in [6.07, 6.45) is 1.11. The van der Waals surface area contributed by atoms with Crippen molar-refractivity contribution in [2.24, 2.45) is 0 Å². The third-order valence-corrected chi connectivity index (χ3v) is 4.10. The van der Waals surface area contributed by atoms with E-state index in [0.29, 0.717) is 5.92 Å². The fourth-order valence-corrected chi connectivity index (χ4v) is 2.94. The molecule has 0 saturated carbocycles. The van der Waals surface area contributed by atoms with Crippen LogP contribution in [0.1, 0.15) is 24.0 Å². The van der Waals surface area contributed by atoms with Crippen LogP contribution in [0, 0.1) is 0 Å². The smallest absolute Gasteiger partial charge is 0.119 e. The normalized spacial score (nSPS) is 18.2. The van der Waals surface area contributed by atoms with Crippen LogP contribution in [0.15, 0.2) is 42.5 Å². The average molecular weight is 267 g/mol. The lowest BCUT2D eigenvalue weighted by Crippen LogP contribution is -2.18. The monoisotopic (exact) mass is 267 g/mol. The summed E-state index contributed by atoms with van der Waals surface area (Å²) in [7, 11) is 1.71. The van der Waals surface area contributed by atoms with E-state index in [4.69, 9.17) is 4.74 Å². The Morgan fingerprint density at radius 3 is 2.80 bits per heavy atom. The van der Waals surface area contributed by atoms with Gasteiger partial charge in [0.25, 0.3) is 0 Å². The quantitative estimate of drug-likeness (QED) is 0.897. The number of rotatable bonds is 2. The Hall–Kier alpha value is -1.80. The second kappa shape index (κ2) is 5.68. The van der Waals surface area contributed by atoms with Crippen molar-refractivity contribution in [3.05, 3.63) is 53.6 Å². The molecule has 2 heteroatoms. The van der Waals surface area contributed by atoms with Gasteiger partial charge in [-0.15, -0.1) is 0 Å². The van der Waals surface area contributed by atoms with Crippen LogP contribution in [-0.2, 0) is 6.42 Å². The van der Waals surface area contributed by atoms with Gasteiger partial charge < -0.3 is 10.1 Å². The molecule has 0 bridgehead atoms. The Kier molecular flexibility index (Phi) is 3.75. The first kappa shape index (κ1) is 13.2. The second-order valence-corrected chi connectivity index (χ2v) is 5.50. The van der Waals surface area contributed by atoms with E-state index in [1.54, 1.807) is 7.11 Å². The van der Waals surface area contributed by atoms with Crippen LogP contribution in [-0.4, -0.2) is 20.2 Å². The van der Waals surface area contributed by atoms with Crippen LogP contribution in [0.25, 0.3) is 11.1 Å². The van der Waals surface area contributed by atoms with Gasteiger partial charge in [-0.1, -0.05) is 37.3 Å². The molecule has 1 N–H and O–H groups in total. The molecule has 0 amide bonds. The Bertz CT molecular complexity index is 606. The van der Waals surface area contributed by atoms with Crippen LogP contribution in [0.4, 0.5) is 0 Å². The second-order valence-electron chi connectivity index (χ2n) is 5.50. The number of nitrogens with one attached hydrogen (secondary N) is 1. The van der Waals surface area contributed by atoms with Gasteiger partial charge in [0.2, 0.25) is 0 Å². The van der Waals surface area contributed by atoms with Crippen molar-refractivity contribution in [2.75, 3.05) is 20.2 Å². The third-order valence-electron chi connectivity index (χ3n) is 4.10. The molecule has 0 spiro atoms. The molecule has 104 valence electrons. The number of hydrogen-bond acceptors (Lipinski definition) is 2. The first-order chi connectivity index (χ1) is 9.78. The lowest BCUT2D eigenvalue weighted by atomic mass is 9.92. The van der Waals surface area contributed by atoms with Gasteiger partial charge in [0, 0.05) is 6.54 Å². The van der Waals surface area contributed by atoms with Gasteiger partial charge in [-0.2, -0.15) is 0 Å². The molecule has 20 heavy (non-hydrogen) atoms. The van der Waals surface area contributed by atoms with E-state index in [9.17, 15) is 0 Å². The van der Waals surface area contributed by atoms with Gasteiger partial charge in [0.15, 0.2) is 0 Å². The van der Waals surface area contributed by atoms with Crippen molar-refractivity contribution >= 4 is 0 Å². The molecule has 1 atom stereocenters. The SMILES string of the molecule is COc1cccc(-c2ccc3c(c2)CCNCC3C)c1. The molecule has 2 aromatic carbocycles. The summed E-state index contributed by atoms with van der Waals surface area (Å²) in [4.78, 5) is 0. The maximum Gasteiger partial charge on any atom is 0.119 e. The van der Waals surface area contributed by atoms with E-state index in [1.807, 2.05) is 12.1 Å². The summed E-state index contributed by atoms with van der Waals surface area (Å²) in [5.74, 6) is 1.50. The average Bonchev–Trinajstić information content (AvgIpc) is 2.69. The molecule has 0 aromatic heterocycles. The molecule has 1 aliphatic rings. The van der Waals surface area contributed by atoms with E-state index in [1.165, 1.54) is 22.3 Å². The zero-order valence-corrected chi connectivity index (χ0v) is 12.1. The van der Waals surface area contributed by atoms with Crippen LogP contribution >= 0.6 is 0 Å². The van der Waals surface area contributed by atoms with Gasteiger partial charge in [-0.3, -0.25) is 0 Å². The van der Waals surface area contributed by atoms with E-state index in [-0.39, 0.29) is 0 Å². The third kappa shape index (κ3) is 2.56. The molecule has 1 aliphatic heterocycles. The Morgan fingerprint density at radius 2 is 1.95 bits per heavy atom. The number of ether oxygens (including phenoxy) is 1. The number of benzene rings is 2. The Morgan fingerprint density at radius 1 is 1.10 bits per heavy atom. The van der Waals surface area contributed by atoms with Gasteiger partial charge in [-0.05, 0) is 53.3 Å². The topological polar surface area (TPSA) is 21.3 Å². The van der Waals surface area contributed by atoms with Crippen molar-refractivity contribution in [3.63, 3.8) is 0 Å². The summed E-state index contributed by atoms with van der Waals surface area (Å²) in [6, 6.07) is 15.1. The molecule has 2 aromatic rings. The van der Waals surface area contributed by atoms with Gasteiger partial charge >= 0.3 is 0 Å². The number of fused-ring (bicyclic) bond motifs is 1. The summed E-state index contributed by atoms with van der Waals surface area (Å²) in [5, 5.41) is 3.50. The molecule has 0 saturated heterocycles. The van der Waals surface area contributed by atoms with Gasteiger partial charge in [0.05, 0.1) is 7.11 Å². The molecule has 0 aliphatic carbocycles. The zero-order valence-electron chi connectivity index (χ0n) is 12.1. The summed E-state index contributed by atoms with van der Waals surface area (Å²) >= 11 is 0. The summed E-state index contributed by atoms with van der Waals surface area (Å²) in [5.41, 5.74) is 5.46. The summed E-state index contributed by atoms with van der Waals surface area (Å²) in [6.45, 7) is 4.44. The van der Waals surface area contributed by atoms with E-state index in [0.717, 1.165) is 25.3 Å². The van der Waals surface area contributed by atoms with Crippen LogP contribution in [0.5, 0.6) is 5.75 Å². The first-order valence-electron chi connectivity index (χ1n) is 7.26. The lowest BCUT2D eigenvalue weighted by molar-refractivity contribution is 0.415. The zero-order chi connectivity index (χ0) is 13.9. The highest BCUT2D eigenvalue weighted by molar-refractivity contribution is 5.66. The standard InChI is InChI=1S/C18H21NO/c1-13-12-19-9-8-16-10-15(6-7-18(13)16)14-4-3-5-17(11-14)20-2/h3-7,10-11,13,19H,8-9,12H2,1-2H3. The lowest BCUT2D eigenvalue weighted by Gasteiger charge is -2.14. The summed E-state index contributed by atoms with van der Waals surface area (Å²) < 4.78 is 5.32. The van der Waals surface area contributed by atoms with Crippen molar-refractivity contribution in [1.82, 2.24) is 5.32 Å². The minimum atomic E-state index is 0.590. The highest BCUT2D eigenvalue weighted by Crippen LogP contribution is 2.29. The molecular formula is C18H21NO. The molecule has 3 rings (SSSR count). The Labute approximate surface area is 120 Å². The number of methoxy groups -OCH3 is 1. The van der Waals surface area contributed by atoms with Crippen LogP contribution in [0.3, 0.4) is 0 Å². The first-order valence-corrected chi connectivity index (χ1v) is 7.26. The fourth-order valence-electron chi connectivity index (χ4n) is 2.94. The highest BCUT2D eigenvalue weighted by atomic mass is 16.5. The maximum atomic E-state index is 5.32. The minimum absolute atomic E-state index is 0.590.